The molecule has 0 unspecified atom stereocenters. The van der Waals surface area contributed by atoms with Gasteiger partial charge in [-0.3, -0.25) is 9.69 Å². The Hall–Kier alpha value is -1.39. The molecule has 0 aromatic heterocycles. The fourth-order valence-electron chi connectivity index (χ4n) is 2.36. The normalized spacial score (nSPS) is 17.2. The molecule has 0 spiro atoms. The number of rotatable bonds is 4. The average Bonchev–Trinajstić information content (AvgIpc) is 2.46. The van der Waals surface area contributed by atoms with E-state index < -0.39 is 5.54 Å². The summed E-state index contributed by atoms with van der Waals surface area (Å²) in [5, 5.41) is 6.35. The van der Waals surface area contributed by atoms with E-state index in [1.807, 2.05) is 44.2 Å². The molecule has 1 fully saturated rings. The summed E-state index contributed by atoms with van der Waals surface area (Å²) in [7, 11) is 0. The molecule has 0 bridgehead atoms. The maximum absolute atomic E-state index is 12.4. The van der Waals surface area contributed by atoms with Gasteiger partial charge in [-0.2, -0.15) is 0 Å². The molecule has 1 amide bonds. The Morgan fingerprint density at radius 3 is 2.53 bits per heavy atom. The summed E-state index contributed by atoms with van der Waals surface area (Å²) in [6, 6.07) is 10.0. The van der Waals surface area contributed by atoms with Gasteiger partial charge in [-0.15, -0.1) is 0 Å². The fraction of sp³-hybridized carbons (Fsp3) is 0.533. The van der Waals surface area contributed by atoms with Crippen LogP contribution in [0, 0.1) is 0 Å². The van der Waals surface area contributed by atoms with E-state index in [0.717, 1.165) is 31.7 Å². The van der Waals surface area contributed by atoms with Crippen LogP contribution in [-0.2, 0) is 11.3 Å². The molecule has 19 heavy (non-hydrogen) atoms. The minimum Gasteiger partial charge on any atom is -0.350 e. The van der Waals surface area contributed by atoms with Gasteiger partial charge in [0.2, 0.25) is 5.91 Å². The first-order valence-electron chi connectivity index (χ1n) is 6.89. The van der Waals surface area contributed by atoms with Crippen LogP contribution >= 0.6 is 0 Å². The smallest absolute Gasteiger partial charge is 0.240 e. The summed E-state index contributed by atoms with van der Waals surface area (Å²) in [6.45, 7) is 8.34. The SMILES string of the molecule is CC(C)(C(=O)NCc1ccccc1)N1CCNCC1. The predicted octanol–water partition coefficient (Wildman–Crippen LogP) is 0.987. The van der Waals surface area contributed by atoms with E-state index in [0.29, 0.717) is 6.54 Å². The van der Waals surface area contributed by atoms with Crippen molar-refractivity contribution in [3.05, 3.63) is 35.9 Å². The fourth-order valence-corrected chi connectivity index (χ4v) is 2.36. The van der Waals surface area contributed by atoms with Crippen LogP contribution in [0.1, 0.15) is 19.4 Å². The monoisotopic (exact) mass is 261 g/mol. The highest BCUT2D eigenvalue weighted by Crippen LogP contribution is 2.15. The number of nitrogens with one attached hydrogen (secondary N) is 2. The lowest BCUT2D eigenvalue weighted by molar-refractivity contribution is -0.132. The molecule has 1 saturated heterocycles. The lowest BCUT2D eigenvalue weighted by Crippen LogP contribution is -2.59. The topological polar surface area (TPSA) is 44.4 Å². The quantitative estimate of drug-likeness (QED) is 0.849. The van der Waals surface area contributed by atoms with Crippen molar-refractivity contribution in [1.29, 1.82) is 0 Å². The first-order valence-corrected chi connectivity index (χ1v) is 6.89. The number of nitrogens with zero attached hydrogens (tertiary/aromatic N) is 1. The van der Waals surface area contributed by atoms with Crippen molar-refractivity contribution >= 4 is 5.91 Å². The van der Waals surface area contributed by atoms with E-state index in [-0.39, 0.29) is 5.91 Å². The third-order valence-electron chi connectivity index (χ3n) is 3.76. The van der Waals surface area contributed by atoms with E-state index in [1.165, 1.54) is 0 Å². The zero-order chi connectivity index (χ0) is 13.7. The number of piperazine rings is 1. The minimum atomic E-state index is -0.448. The van der Waals surface area contributed by atoms with Crippen molar-refractivity contribution in [3.63, 3.8) is 0 Å². The molecule has 104 valence electrons. The molecule has 0 aliphatic carbocycles. The highest BCUT2D eigenvalue weighted by Gasteiger charge is 2.34. The maximum atomic E-state index is 12.4. The zero-order valence-electron chi connectivity index (χ0n) is 11.8. The lowest BCUT2D eigenvalue weighted by Gasteiger charge is -2.39. The lowest BCUT2D eigenvalue weighted by atomic mass is 10.0. The molecule has 4 heteroatoms. The Morgan fingerprint density at radius 1 is 1.26 bits per heavy atom. The molecule has 0 saturated carbocycles. The van der Waals surface area contributed by atoms with E-state index in [2.05, 4.69) is 15.5 Å². The molecule has 2 rings (SSSR count). The van der Waals surface area contributed by atoms with Gasteiger partial charge in [-0.05, 0) is 19.4 Å². The molecule has 2 N–H and O–H groups in total. The summed E-state index contributed by atoms with van der Waals surface area (Å²) in [4.78, 5) is 14.6. The highest BCUT2D eigenvalue weighted by atomic mass is 16.2. The standard InChI is InChI=1S/C15H23N3O/c1-15(2,18-10-8-16-9-11-18)14(19)17-12-13-6-4-3-5-7-13/h3-7,16H,8-12H2,1-2H3,(H,17,19). The van der Waals surface area contributed by atoms with Crippen molar-refractivity contribution in [2.45, 2.75) is 25.9 Å². The second kappa shape index (κ2) is 6.17. The number of benzene rings is 1. The molecule has 0 atom stereocenters. The Bertz CT molecular complexity index is 411. The molecule has 4 nitrogen and oxygen atoms in total. The van der Waals surface area contributed by atoms with Gasteiger partial charge >= 0.3 is 0 Å². The van der Waals surface area contributed by atoms with Crippen LogP contribution in [0.25, 0.3) is 0 Å². The molecule has 1 aliphatic heterocycles. The van der Waals surface area contributed by atoms with Crippen LogP contribution in [0.15, 0.2) is 30.3 Å². The van der Waals surface area contributed by atoms with Crippen LogP contribution in [-0.4, -0.2) is 42.5 Å². The summed E-state index contributed by atoms with van der Waals surface area (Å²) < 4.78 is 0. The van der Waals surface area contributed by atoms with Gasteiger partial charge in [0, 0.05) is 32.7 Å². The molecular formula is C15H23N3O. The zero-order valence-corrected chi connectivity index (χ0v) is 11.8. The predicted molar refractivity (Wildman–Crippen MR) is 76.8 cm³/mol. The Labute approximate surface area is 115 Å². The van der Waals surface area contributed by atoms with Crippen LogP contribution in [0.3, 0.4) is 0 Å². The van der Waals surface area contributed by atoms with Crippen molar-refractivity contribution in [2.24, 2.45) is 0 Å². The van der Waals surface area contributed by atoms with Gasteiger partial charge in [0.1, 0.15) is 0 Å². The molecule has 1 aromatic rings. The van der Waals surface area contributed by atoms with Crippen LogP contribution in [0.2, 0.25) is 0 Å². The Balaban J connectivity index is 1.90. The van der Waals surface area contributed by atoms with Crippen molar-refractivity contribution < 1.29 is 4.79 Å². The molecule has 1 heterocycles. The Morgan fingerprint density at radius 2 is 1.89 bits per heavy atom. The third-order valence-corrected chi connectivity index (χ3v) is 3.76. The molecule has 0 radical (unpaired) electrons. The van der Waals surface area contributed by atoms with Crippen LogP contribution in [0.4, 0.5) is 0 Å². The van der Waals surface area contributed by atoms with E-state index in [9.17, 15) is 4.79 Å². The van der Waals surface area contributed by atoms with Gasteiger partial charge in [-0.1, -0.05) is 30.3 Å². The van der Waals surface area contributed by atoms with Crippen molar-refractivity contribution in [1.82, 2.24) is 15.5 Å². The number of carbonyl (C=O) groups excluding carboxylic acids is 1. The van der Waals surface area contributed by atoms with Crippen LogP contribution in [0.5, 0.6) is 0 Å². The van der Waals surface area contributed by atoms with Crippen molar-refractivity contribution in [3.8, 4) is 0 Å². The second-order valence-electron chi connectivity index (χ2n) is 5.46. The van der Waals surface area contributed by atoms with Crippen LogP contribution < -0.4 is 10.6 Å². The van der Waals surface area contributed by atoms with Crippen molar-refractivity contribution in [2.75, 3.05) is 26.2 Å². The highest BCUT2D eigenvalue weighted by molar-refractivity contribution is 5.85. The summed E-state index contributed by atoms with van der Waals surface area (Å²) in [5.74, 6) is 0.0956. The molecular weight excluding hydrogens is 238 g/mol. The summed E-state index contributed by atoms with van der Waals surface area (Å²) >= 11 is 0. The van der Waals surface area contributed by atoms with Gasteiger partial charge < -0.3 is 10.6 Å². The first-order chi connectivity index (χ1) is 9.10. The van der Waals surface area contributed by atoms with E-state index in [1.54, 1.807) is 0 Å². The first kappa shape index (κ1) is 14.0. The number of amides is 1. The minimum absolute atomic E-state index is 0.0956. The molecule has 1 aliphatic rings. The molecule has 1 aromatic carbocycles. The second-order valence-corrected chi connectivity index (χ2v) is 5.46. The van der Waals surface area contributed by atoms with Gasteiger partial charge in [0.05, 0.1) is 5.54 Å². The van der Waals surface area contributed by atoms with E-state index >= 15 is 0 Å². The number of hydrogen-bond acceptors (Lipinski definition) is 3. The Kier molecular flexibility index (Phi) is 4.56. The summed E-state index contributed by atoms with van der Waals surface area (Å²) in [6.07, 6.45) is 0. The van der Waals surface area contributed by atoms with Gasteiger partial charge in [0.25, 0.3) is 0 Å². The van der Waals surface area contributed by atoms with Gasteiger partial charge in [0.15, 0.2) is 0 Å². The maximum Gasteiger partial charge on any atom is 0.240 e. The number of carbonyl (C=O) groups is 1. The number of hydrogen-bond donors (Lipinski definition) is 2. The summed E-state index contributed by atoms with van der Waals surface area (Å²) in [5.41, 5.74) is 0.684. The third kappa shape index (κ3) is 3.55. The van der Waals surface area contributed by atoms with E-state index in [4.69, 9.17) is 0 Å². The van der Waals surface area contributed by atoms with Gasteiger partial charge in [-0.25, -0.2) is 0 Å². The largest absolute Gasteiger partial charge is 0.350 e. The average molecular weight is 261 g/mol.